The van der Waals surface area contributed by atoms with E-state index in [1.54, 1.807) is 0 Å². The van der Waals surface area contributed by atoms with Crippen molar-refractivity contribution in [3.63, 3.8) is 0 Å². The summed E-state index contributed by atoms with van der Waals surface area (Å²) in [6, 6.07) is 16.6. The number of carbonyl (C=O) groups is 1. The monoisotopic (exact) mass is 363 g/mol. The number of rotatable bonds is 2. The number of aryl methyl sites for hydroxylation is 1. The third-order valence-electron chi connectivity index (χ3n) is 5.81. The number of nitrogens with zero attached hydrogens (tertiary/aromatic N) is 2. The Hall–Kier alpha value is -2.24. The molecule has 2 aliphatic heterocycles. The highest BCUT2D eigenvalue weighted by Gasteiger charge is 2.47. The maximum Gasteiger partial charge on any atom is 0.283 e. The molecule has 3 aromatic rings. The lowest BCUT2D eigenvalue weighted by Gasteiger charge is -2.29. The van der Waals surface area contributed by atoms with Crippen LogP contribution in [-0.4, -0.2) is 35.4 Å². The maximum atomic E-state index is 13.4. The molecule has 0 spiro atoms. The van der Waals surface area contributed by atoms with E-state index in [1.807, 2.05) is 24.3 Å². The Morgan fingerprint density at radius 2 is 1.96 bits per heavy atom. The molecule has 0 aliphatic carbocycles. The van der Waals surface area contributed by atoms with Crippen LogP contribution in [0.2, 0.25) is 0 Å². The van der Waals surface area contributed by atoms with E-state index >= 15 is 0 Å². The fourth-order valence-corrected chi connectivity index (χ4v) is 5.45. The molecule has 2 aromatic carbocycles. The first kappa shape index (κ1) is 16.0. The summed E-state index contributed by atoms with van der Waals surface area (Å²) in [4.78, 5) is 20.1. The Bertz CT molecular complexity index is 949. The summed E-state index contributed by atoms with van der Waals surface area (Å²) in [7, 11) is 0. The van der Waals surface area contributed by atoms with Crippen LogP contribution in [0.4, 0.5) is 0 Å². The summed E-state index contributed by atoms with van der Waals surface area (Å²) >= 11 is 1.50. The molecule has 0 bridgehead atoms. The van der Waals surface area contributed by atoms with E-state index in [0.29, 0.717) is 16.8 Å². The van der Waals surface area contributed by atoms with Crippen LogP contribution in [0.25, 0.3) is 10.2 Å². The molecule has 132 valence electrons. The molecule has 26 heavy (non-hydrogen) atoms. The van der Waals surface area contributed by atoms with E-state index in [-0.39, 0.29) is 11.9 Å². The predicted octanol–water partition coefficient (Wildman–Crippen LogP) is 3.64. The predicted molar refractivity (Wildman–Crippen MR) is 104 cm³/mol. The zero-order valence-electron chi connectivity index (χ0n) is 14.7. The molecule has 0 radical (unpaired) electrons. The fourth-order valence-electron chi connectivity index (χ4n) is 4.53. The van der Waals surface area contributed by atoms with Gasteiger partial charge in [-0.1, -0.05) is 36.4 Å². The van der Waals surface area contributed by atoms with Gasteiger partial charge in [0, 0.05) is 25.6 Å². The minimum Gasteiger partial charge on any atom is -0.329 e. The van der Waals surface area contributed by atoms with Gasteiger partial charge in [-0.15, -0.1) is 11.3 Å². The lowest BCUT2D eigenvalue weighted by molar-refractivity contribution is 0.0713. The van der Waals surface area contributed by atoms with Crippen molar-refractivity contribution in [2.75, 3.05) is 19.6 Å². The minimum atomic E-state index is 0.0776. The van der Waals surface area contributed by atoms with Gasteiger partial charge < -0.3 is 10.2 Å². The molecule has 3 heterocycles. The topological polar surface area (TPSA) is 45.2 Å². The van der Waals surface area contributed by atoms with Crippen LogP contribution in [0.15, 0.2) is 48.5 Å². The molecule has 1 N–H and O–H groups in total. The first-order chi connectivity index (χ1) is 12.7. The average Bonchev–Trinajstić information content (AvgIpc) is 3.35. The van der Waals surface area contributed by atoms with Crippen molar-refractivity contribution in [1.29, 1.82) is 0 Å². The van der Waals surface area contributed by atoms with Gasteiger partial charge in [-0.05, 0) is 36.1 Å². The maximum absolute atomic E-state index is 13.4. The molecule has 1 aromatic heterocycles. The van der Waals surface area contributed by atoms with Crippen molar-refractivity contribution >= 4 is 27.5 Å². The molecular formula is C21H21N3OS. The number of para-hydroxylation sites is 1. The van der Waals surface area contributed by atoms with E-state index in [0.717, 1.165) is 29.9 Å². The van der Waals surface area contributed by atoms with Crippen LogP contribution >= 0.6 is 11.3 Å². The van der Waals surface area contributed by atoms with Gasteiger partial charge in [0.05, 0.1) is 16.3 Å². The van der Waals surface area contributed by atoms with Gasteiger partial charge in [-0.2, -0.15) is 0 Å². The van der Waals surface area contributed by atoms with Gasteiger partial charge in [0.25, 0.3) is 5.91 Å². The lowest BCUT2D eigenvalue weighted by Crippen LogP contribution is -2.35. The Labute approximate surface area is 156 Å². The van der Waals surface area contributed by atoms with Gasteiger partial charge in [-0.25, -0.2) is 4.98 Å². The smallest absolute Gasteiger partial charge is 0.283 e. The Kier molecular flexibility index (Phi) is 3.80. The zero-order valence-corrected chi connectivity index (χ0v) is 15.5. The lowest BCUT2D eigenvalue weighted by atomic mass is 9.87. The van der Waals surface area contributed by atoms with Crippen molar-refractivity contribution in [3.05, 3.63) is 64.7 Å². The highest BCUT2D eigenvalue weighted by molar-refractivity contribution is 7.20. The summed E-state index contributed by atoms with van der Waals surface area (Å²) in [5.41, 5.74) is 3.44. The quantitative estimate of drug-likeness (QED) is 0.756. The molecular weight excluding hydrogens is 342 g/mol. The largest absolute Gasteiger partial charge is 0.329 e. The Morgan fingerprint density at radius 1 is 1.15 bits per heavy atom. The summed E-state index contributed by atoms with van der Waals surface area (Å²) in [6.45, 7) is 4.93. The first-order valence-electron chi connectivity index (χ1n) is 9.15. The Morgan fingerprint density at radius 3 is 2.81 bits per heavy atom. The molecule has 1 amide bonds. The normalized spacial score (nSPS) is 25.0. The van der Waals surface area contributed by atoms with E-state index in [9.17, 15) is 4.79 Å². The Balaban J connectivity index is 1.55. The highest BCUT2D eigenvalue weighted by atomic mass is 32.1. The van der Waals surface area contributed by atoms with Crippen LogP contribution in [0, 0.1) is 18.8 Å². The molecule has 2 fully saturated rings. The molecule has 0 unspecified atom stereocenters. The number of benzene rings is 2. The van der Waals surface area contributed by atoms with Crippen molar-refractivity contribution < 1.29 is 4.79 Å². The number of thiazole rings is 1. The van der Waals surface area contributed by atoms with Gasteiger partial charge in [0.2, 0.25) is 0 Å². The van der Waals surface area contributed by atoms with Crippen molar-refractivity contribution in [1.82, 2.24) is 15.2 Å². The van der Waals surface area contributed by atoms with Crippen LogP contribution in [0.1, 0.15) is 27.0 Å². The average molecular weight is 363 g/mol. The van der Waals surface area contributed by atoms with Crippen LogP contribution in [0.3, 0.4) is 0 Å². The summed E-state index contributed by atoms with van der Waals surface area (Å²) in [6.07, 6.45) is 0. The van der Waals surface area contributed by atoms with Crippen molar-refractivity contribution in [2.24, 2.45) is 11.8 Å². The van der Waals surface area contributed by atoms with Gasteiger partial charge in [-0.3, -0.25) is 4.79 Å². The zero-order chi connectivity index (χ0) is 17.7. The second-order valence-corrected chi connectivity index (χ2v) is 8.36. The van der Waals surface area contributed by atoms with E-state index < -0.39 is 0 Å². The van der Waals surface area contributed by atoms with E-state index in [4.69, 9.17) is 0 Å². The van der Waals surface area contributed by atoms with Crippen molar-refractivity contribution in [2.45, 2.75) is 13.0 Å². The number of likely N-dealkylation sites (tertiary alicyclic amines) is 1. The summed E-state index contributed by atoms with van der Waals surface area (Å²) < 4.78 is 1.07. The number of nitrogens with one attached hydrogen (secondary N) is 1. The van der Waals surface area contributed by atoms with Crippen LogP contribution < -0.4 is 5.32 Å². The van der Waals surface area contributed by atoms with Crippen LogP contribution in [-0.2, 0) is 0 Å². The third-order valence-corrected chi connectivity index (χ3v) is 6.83. The number of fused-ring (bicyclic) bond motifs is 2. The van der Waals surface area contributed by atoms with Gasteiger partial charge in [0.1, 0.15) is 0 Å². The van der Waals surface area contributed by atoms with Crippen LogP contribution in [0.5, 0.6) is 0 Å². The summed E-state index contributed by atoms with van der Waals surface area (Å²) in [5.74, 6) is 1.08. The molecule has 3 atom stereocenters. The second-order valence-electron chi connectivity index (χ2n) is 7.33. The molecule has 5 rings (SSSR count). The second kappa shape index (κ2) is 6.18. The standard InChI is InChI=1S/C21H21N3OS/c1-13-6-2-3-7-15(13)19-16-11-22-10-14(16)12-24(19)21(25)20-23-17-8-4-5-9-18(17)26-20/h2-9,14,16,19,22H,10-12H2,1H3/t14-,16-,19-/m0/s1. The van der Waals surface area contributed by atoms with E-state index in [1.165, 1.54) is 22.5 Å². The number of aromatic nitrogens is 1. The van der Waals surface area contributed by atoms with Gasteiger partial charge >= 0.3 is 0 Å². The van der Waals surface area contributed by atoms with Crippen molar-refractivity contribution in [3.8, 4) is 0 Å². The number of hydrogen-bond acceptors (Lipinski definition) is 4. The third kappa shape index (κ3) is 2.46. The number of carbonyl (C=O) groups excluding carboxylic acids is 1. The molecule has 2 saturated heterocycles. The summed E-state index contributed by atoms with van der Waals surface area (Å²) in [5, 5.41) is 4.12. The number of hydrogen-bond donors (Lipinski definition) is 1. The molecule has 5 heteroatoms. The van der Waals surface area contributed by atoms with Gasteiger partial charge in [0.15, 0.2) is 5.01 Å². The first-order valence-corrected chi connectivity index (χ1v) is 9.97. The fraction of sp³-hybridized carbons (Fsp3) is 0.333. The minimum absolute atomic E-state index is 0.0776. The molecule has 2 aliphatic rings. The van der Waals surface area contributed by atoms with E-state index in [2.05, 4.69) is 46.4 Å². The SMILES string of the molecule is Cc1ccccc1[C@H]1[C@H]2CNC[C@H]2CN1C(=O)c1nc2ccccc2s1. The molecule has 4 nitrogen and oxygen atoms in total. The highest BCUT2D eigenvalue weighted by Crippen LogP contribution is 2.44. The number of amides is 1. The molecule has 0 saturated carbocycles.